The Kier molecular flexibility index (Phi) is 5.48. The van der Waals surface area contributed by atoms with E-state index in [1.54, 1.807) is 20.8 Å². The topological polar surface area (TPSA) is 66.8 Å². The van der Waals surface area contributed by atoms with E-state index in [1.165, 1.54) is 25.2 Å². The molecule has 0 aliphatic carbocycles. The highest BCUT2D eigenvalue weighted by molar-refractivity contribution is 6.35. The summed E-state index contributed by atoms with van der Waals surface area (Å²) in [5.74, 6) is -1.22. The average molecular weight is 334 g/mol. The summed E-state index contributed by atoms with van der Waals surface area (Å²) < 4.78 is 5.17. The monoisotopic (exact) mass is 333 g/mol. The maximum Gasteiger partial charge on any atom is 0.411 e. The minimum atomic E-state index is -1.26. The highest BCUT2D eigenvalue weighted by Crippen LogP contribution is 2.30. The zero-order chi connectivity index (χ0) is 16.4. The molecule has 0 radical (unpaired) electrons. The molecule has 1 unspecified atom stereocenters. The van der Waals surface area contributed by atoms with E-state index < -0.39 is 23.7 Å². The van der Waals surface area contributed by atoms with Gasteiger partial charge in [0, 0.05) is 22.7 Å². The van der Waals surface area contributed by atoms with E-state index in [0.717, 1.165) is 4.90 Å². The van der Waals surface area contributed by atoms with Crippen LogP contribution in [0.15, 0.2) is 18.2 Å². The molecule has 0 heterocycles. The fourth-order valence-electron chi connectivity index (χ4n) is 1.67. The summed E-state index contributed by atoms with van der Waals surface area (Å²) in [5.41, 5.74) is -0.458. The summed E-state index contributed by atoms with van der Waals surface area (Å²) in [4.78, 5) is 24.5. The van der Waals surface area contributed by atoms with Crippen LogP contribution < -0.4 is 0 Å². The molecule has 1 rings (SSSR count). The molecule has 0 saturated heterocycles. The number of nitrogens with zero attached hydrogens (tertiary/aromatic N) is 1. The number of amides is 1. The fraction of sp³-hybridized carbons (Fsp3) is 0.429. The van der Waals surface area contributed by atoms with Crippen LogP contribution in [0, 0.1) is 0 Å². The predicted molar refractivity (Wildman–Crippen MR) is 80.8 cm³/mol. The molecular weight excluding hydrogens is 317 g/mol. The number of aliphatic carboxylic acids is 1. The summed E-state index contributed by atoms with van der Waals surface area (Å²) in [5, 5.41) is 9.95. The molecule has 1 amide bonds. The number of carboxylic acid groups (broad SMARTS) is 1. The molecule has 5 nitrogen and oxygen atoms in total. The molecular formula is C14H17Cl2NO4. The fourth-order valence-corrected chi connectivity index (χ4v) is 2.18. The molecule has 0 aliphatic heterocycles. The summed E-state index contributed by atoms with van der Waals surface area (Å²) >= 11 is 11.8. The molecule has 0 saturated carbocycles. The van der Waals surface area contributed by atoms with Crippen LogP contribution in [0.2, 0.25) is 10.0 Å². The van der Waals surface area contributed by atoms with E-state index in [1.807, 2.05) is 0 Å². The van der Waals surface area contributed by atoms with Crippen molar-refractivity contribution in [3.05, 3.63) is 33.8 Å². The Hall–Kier alpha value is -1.46. The van der Waals surface area contributed by atoms with Crippen LogP contribution in [0.25, 0.3) is 0 Å². The third kappa shape index (κ3) is 4.79. The first kappa shape index (κ1) is 17.6. The lowest BCUT2D eigenvalue weighted by Gasteiger charge is -2.29. The molecule has 21 heavy (non-hydrogen) atoms. The van der Waals surface area contributed by atoms with Crippen LogP contribution in [0.1, 0.15) is 32.4 Å². The Bertz CT molecular complexity index is 554. The van der Waals surface area contributed by atoms with Crippen LogP contribution in [-0.2, 0) is 9.53 Å². The third-order valence-electron chi connectivity index (χ3n) is 2.56. The van der Waals surface area contributed by atoms with Gasteiger partial charge < -0.3 is 9.84 Å². The van der Waals surface area contributed by atoms with Gasteiger partial charge in [-0.05, 0) is 32.9 Å². The van der Waals surface area contributed by atoms with E-state index in [0.29, 0.717) is 5.02 Å². The van der Waals surface area contributed by atoms with Crippen LogP contribution in [0.3, 0.4) is 0 Å². The third-order valence-corrected chi connectivity index (χ3v) is 3.12. The van der Waals surface area contributed by atoms with Crippen molar-refractivity contribution in [3.63, 3.8) is 0 Å². The second-order valence-electron chi connectivity index (χ2n) is 5.50. The number of rotatable bonds is 3. The molecule has 7 heteroatoms. The van der Waals surface area contributed by atoms with Crippen molar-refractivity contribution in [2.75, 3.05) is 7.05 Å². The Labute approximate surface area is 133 Å². The predicted octanol–water partition coefficient (Wildman–Crippen LogP) is 3.99. The van der Waals surface area contributed by atoms with Crippen molar-refractivity contribution in [2.45, 2.75) is 32.4 Å². The number of carbonyl (C=O) groups is 2. The lowest BCUT2D eigenvalue weighted by atomic mass is 10.1. The molecule has 0 aliphatic rings. The van der Waals surface area contributed by atoms with Gasteiger partial charge >= 0.3 is 12.1 Å². The number of carboxylic acids is 1. The maximum atomic E-state index is 12.0. The smallest absolute Gasteiger partial charge is 0.411 e. The van der Waals surface area contributed by atoms with Gasteiger partial charge in [-0.1, -0.05) is 29.3 Å². The van der Waals surface area contributed by atoms with E-state index in [-0.39, 0.29) is 10.6 Å². The molecule has 1 N–H and O–H groups in total. The summed E-state index contributed by atoms with van der Waals surface area (Å²) in [6.45, 7) is 5.09. The Morgan fingerprint density at radius 3 is 2.29 bits per heavy atom. The highest BCUT2D eigenvalue weighted by Gasteiger charge is 2.32. The molecule has 0 spiro atoms. The van der Waals surface area contributed by atoms with Gasteiger partial charge in [-0.3, -0.25) is 4.90 Å². The summed E-state index contributed by atoms with van der Waals surface area (Å²) in [6, 6.07) is 3.16. The molecule has 1 atom stereocenters. The Balaban J connectivity index is 3.12. The molecule has 1 aromatic carbocycles. The first-order chi connectivity index (χ1) is 9.53. The summed E-state index contributed by atoms with van der Waals surface area (Å²) in [7, 11) is 1.35. The number of carbonyl (C=O) groups excluding carboxylic acids is 1. The SMILES string of the molecule is CN(C(=O)OC(C)(C)C)C(C(=O)O)c1ccc(Cl)cc1Cl. The zero-order valence-corrected chi connectivity index (χ0v) is 13.7. The van der Waals surface area contributed by atoms with Gasteiger partial charge in [0.1, 0.15) is 5.60 Å². The minimum Gasteiger partial charge on any atom is -0.479 e. The van der Waals surface area contributed by atoms with E-state index >= 15 is 0 Å². The van der Waals surface area contributed by atoms with E-state index in [9.17, 15) is 14.7 Å². The van der Waals surface area contributed by atoms with Gasteiger partial charge in [-0.2, -0.15) is 0 Å². The van der Waals surface area contributed by atoms with E-state index in [2.05, 4.69) is 0 Å². The minimum absolute atomic E-state index is 0.172. The standard InChI is InChI=1S/C14H17Cl2NO4/c1-14(2,3)21-13(20)17(4)11(12(18)19)9-6-5-8(15)7-10(9)16/h5-7,11H,1-4H3,(H,18,19). The molecule has 0 aromatic heterocycles. The highest BCUT2D eigenvalue weighted by atomic mass is 35.5. The van der Waals surface area contributed by atoms with Crippen molar-refractivity contribution in [1.29, 1.82) is 0 Å². The van der Waals surface area contributed by atoms with Crippen LogP contribution >= 0.6 is 23.2 Å². The van der Waals surface area contributed by atoms with Crippen molar-refractivity contribution in [3.8, 4) is 0 Å². The van der Waals surface area contributed by atoms with Crippen molar-refractivity contribution in [2.24, 2.45) is 0 Å². The number of hydrogen-bond donors (Lipinski definition) is 1. The molecule has 116 valence electrons. The lowest BCUT2D eigenvalue weighted by Crippen LogP contribution is -2.39. The van der Waals surface area contributed by atoms with Gasteiger partial charge in [0.15, 0.2) is 6.04 Å². The quantitative estimate of drug-likeness (QED) is 0.908. The molecule has 0 fully saturated rings. The Morgan fingerprint density at radius 1 is 1.29 bits per heavy atom. The Morgan fingerprint density at radius 2 is 1.86 bits per heavy atom. The first-order valence-corrected chi connectivity index (χ1v) is 6.92. The normalized spacial score (nSPS) is 12.7. The van der Waals surface area contributed by atoms with Gasteiger partial charge in [0.05, 0.1) is 0 Å². The van der Waals surface area contributed by atoms with Gasteiger partial charge in [0.2, 0.25) is 0 Å². The average Bonchev–Trinajstić information content (AvgIpc) is 2.29. The molecule has 1 aromatic rings. The van der Waals surface area contributed by atoms with Gasteiger partial charge in [-0.15, -0.1) is 0 Å². The largest absolute Gasteiger partial charge is 0.479 e. The van der Waals surface area contributed by atoms with Crippen molar-refractivity contribution >= 4 is 35.3 Å². The number of ether oxygens (including phenoxy) is 1. The number of benzene rings is 1. The van der Waals surface area contributed by atoms with Crippen molar-refractivity contribution < 1.29 is 19.4 Å². The van der Waals surface area contributed by atoms with Gasteiger partial charge in [0.25, 0.3) is 0 Å². The van der Waals surface area contributed by atoms with E-state index in [4.69, 9.17) is 27.9 Å². The maximum absolute atomic E-state index is 12.0. The zero-order valence-electron chi connectivity index (χ0n) is 12.2. The molecule has 0 bridgehead atoms. The number of likely N-dealkylation sites (N-methyl/N-ethyl adjacent to an activating group) is 1. The van der Waals surface area contributed by atoms with Crippen LogP contribution in [0.4, 0.5) is 4.79 Å². The first-order valence-electron chi connectivity index (χ1n) is 6.16. The van der Waals surface area contributed by atoms with Crippen LogP contribution in [-0.4, -0.2) is 34.7 Å². The summed E-state index contributed by atoms with van der Waals surface area (Å²) in [6.07, 6.45) is -0.749. The van der Waals surface area contributed by atoms with Gasteiger partial charge in [-0.25, -0.2) is 9.59 Å². The van der Waals surface area contributed by atoms with Crippen LogP contribution in [0.5, 0.6) is 0 Å². The second-order valence-corrected chi connectivity index (χ2v) is 6.34. The number of hydrogen-bond acceptors (Lipinski definition) is 3. The second kappa shape index (κ2) is 6.54. The number of halogens is 2. The lowest BCUT2D eigenvalue weighted by molar-refractivity contribution is -0.142. The van der Waals surface area contributed by atoms with Crippen molar-refractivity contribution in [1.82, 2.24) is 4.90 Å².